The number of carbonyl (C=O) groups is 1. The van der Waals surface area contributed by atoms with Gasteiger partial charge in [0.05, 0.1) is 24.5 Å². The highest BCUT2D eigenvalue weighted by Crippen LogP contribution is 2.27. The second-order valence-electron chi connectivity index (χ2n) is 5.43. The predicted molar refractivity (Wildman–Crippen MR) is 66.5 cm³/mol. The molecule has 1 N–H and O–H groups in total. The zero-order valence-electron chi connectivity index (χ0n) is 10.8. The molecule has 2 bridgehead atoms. The van der Waals surface area contributed by atoms with Crippen molar-refractivity contribution in [3.63, 3.8) is 0 Å². The highest BCUT2D eigenvalue weighted by molar-refractivity contribution is 5.98. The van der Waals surface area contributed by atoms with Gasteiger partial charge >= 0.3 is 0 Å². The van der Waals surface area contributed by atoms with Crippen LogP contribution in [0.4, 0.5) is 0 Å². The van der Waals surface area contributed by atoms with Crippen molar-refractivity contribution in [2.24, 2.45) is 13.0 Å². The average molecular weight is 249 g/mol. The van der Waals surface area contributed by atoms with Crippen molar-refractivity contribution in [1.29, 1.82) is 0 Å². The molecule has 5 heteroatoms. The molecule has 3 heterocycles. The number of piperidine rings is 1. The molecule has 0 saturated carbocycles. The predicted octanol–water partition coefficient (Wildman–Crippen LogP) is 0.678. The first-order chi connectivity index (χ1) is 8.63. The molecule has 2 fully saturated rings. The van der Waals surface area contributed by atoms with E-state index >= 15 is 0 Å². The number of carbonyl (C=O) groups excluding carboxylic acids is 1. The highest BCUT2D eigenvalue weighted by atomic mass is 16.5. The Morgan fingerprint density at radius 2 is 2.11 bits per heavy atom. The standard InChI is InChI=1S/C13H19N3O2/c1-8-12(5-16(2)15-8)13(17)9-3-10-6-18-7-11(4-9)14-10/h5,9-11,14H,3-4,6-7H2,1-2H3. The number of ketones is 1. The minimum atomic E-state index is 0.119. The third-order valence-corrected chi connectivity index (χ3v) is 3.90. The second kappa shape index (κ2) is 4.48. The minimum absolute atomic E-state index is 0.119. The molecule has 0 aromatic carbocycles. The fourth-order valence-corrected chi connectivity index (χ4v) is 3.11. The normalized spacial score (nSPS) is 31.3. The van der Waals surface area contributed by atoms with Crippen molar-refractivity contribution in [3.8, 4) is 0 Å². The number of ether oxygens (including phenoxy) is 1. The fourth-order valence-electron chi connectivity index (χ4n) is 3.11. The van der Waals surface area contributed by atoms with Crippen molar-refractivity contribution in [3.05, 3.63) is 17.5 Å². The zero-order valence-corrected chi connectivity index (χ0v) is 10.8. The maximum Gasteiger partial charge on any atom is 0.169 e. The van der Waals surface area contributed by atoms with Gasteiger partial charge in [0.2, 0.25) is 0 Å². The number of rotatable bonds is 2. The van der Waals surface area contributed by atoms with Crippen LogP contribution in [0.15, 0.2) is 6.20 Å². The molecule has 2 unspecified atom stereocenters. The molecule has 1 aromatic heterocycles. The third-order valence-electron chi connectivity index (χ3n) is 3.90. The van der Waals surface area contributed by atoms with E-state index in [1.807, 2.05) is 20.2 Å². The van der Waals surface area contributed by atoms with E-state index in [1.165, 1.54) is 0 Å². The Hall–Kier alpha value is -1.20. The molecule has 2 saturated heterocycles. The summed E-state index contributed by atoms with van der Waals surface area (Å²) in [5.41, 5.74) is 1.62. The number of hydrogen-bond acceptors (Lipinski definition) is 4. The molecule has 0 spiro atoms. The molecule has 2 atom stereocenters. The summed E-state index contributed by atoms with van der Waals surface area (Å²) in [4.78, 5) is 12.5. The van der Waals surface area contributed by atoms with Gasteiger partial charge in [-0.05, 0) is 19.8 Å². The van der Waals surface area contributed by atoms with Crippen LogP contribution in [0.25, 0.3) is 0 Å². The van der Waals surface area contributed by atoms with Gasteiger partial charge in [0.25, 0.3) is 0 Å². The van der Waals surface area contributed by atoms with Gasteiger partial charge in [-0.25, -0.2) is 0 Å². The van der Waals surface area contributed by atoms with Crippen molar-refractivity contribution in [2.75, 3.05) is 13.2 Å². The van der Waals surface area contributed by atoms with Crippen LogP contribution in [0.2, 0.25) is 0 Å². The molecule has 98 valence electrons. The van der Waals surface area contributed by atoms with E-state index in [4.69, 9.17) is 4.74 Å². The quantitative estimate of drug-likeness (QED) is 0.783. The lowest BCUT2D eigenvalue weighted by atomic mass is 9.82. The maximum absolute atomic E-state index is 12.5. The summed E-state index contributed by atoms with van der Waals surface area (Å²) >= 11 is 0. The van der Waals surface area contributed by atoms with Crippen LogP contribution in [0, 0.1) is 12.8 Å². The van der Waals surface area contributed by atoms with E-state index in [2.05, 4.69) is 10.4 Å². The van der Waals surface area contributed by atoms with Crippen molar-refractivity contribution < 1.29 is 9.53 Å². The molecule has 0 radical (unpaired) electrons. The minimum Gasteiger partial charge on any atom is -0.378 e. The van der Waals surface area contributed by atoms with E-state index in [-0.39, 0.29) is 11.7 Å². The van der Waals surface area contributed by atoms with Crippen LogP contribution in [-0.2, 0) is 11.8 Å². The highest BCUT2D eigenvalue weighted by Gasteiger charge is 2.36. The number of aromatic nitrogens is 2. The lowest BCUT2D eigenvalue weighted by Crippen LogP contribution is -2.55. The SMILES string of the molecule is Cc1nn(C)cc1C(=O)C1CC2COCC(C1)N2. The fraction of sp³-hybridized carbons (Fsp3) is 0.692. The zero-order chi connectivity index (χ0) is 12.7. The van der Waals surface area contributed by atoms with Gasteiger partial charge in [0.1, 0.15) is 0 Å². The van der Waals surface area contributed by atoms with Gasteiger partial charge < -0.3 is 10.1 Å². The number of hydrogen-bond donors (Lipinski definition) is 1. The van der Waals surface area contributed by atoms with Gasteiger partial charge in [-0.15, -0.1) is 0 Å². The Bertz CT molecular complexity index is 457. The summed E-state index contributed by atoms with van der Waals surface area (Å²) in [6, 6.07) is 0.673. The first-order valence-corrected chi connectivity index (χ1v) is 6.51. The molecule has 1 aromatic rings. The first-order valence-electron chi connectivity index (χ1n) is 6.51. The van der Waals surface area contributed by atoms with Crippen LogP contribution in [0.1, 0.15) is 28.9 Å². The number of nitrogens with one attached hydrogen (secondary N) is 1. The summed E-state index contributed by atoms with van der Waals surface area (Å²) < 4.78 is 7.22. The number of Topliss-reactive ketones (excluding diaryl/α,β-unsaturated/α-hetero) is 1. The van der Waals surface area contributed by atoms with Crippen LogP contribution in [-0.4, -0.2) is 40.9 Å². The topological polar surface area (TPSA) is 56.2 Å². The van der Waals surface area contributed by atoms with E-state index < -0.39 is 0 Å². The maximum atomic E-state index is 12.5. The Kier molecular flexibility index (Phi) is 2.95. The van der Waals surface area contributed by atoms with E-state index in [0.717, 1.165) is 37.3 Å². The van der Waals surface area contributed by atoms with Crippen LogP contribution >= 0.6 is 0 Å². The Morgan fingerprint density at radius 3 is 2.67 bits per heavy atom. The van der Waals surface area contributed by atoms with Crippen LogP contribution in [0.3, 0.4) is 0 Å². The largest absolute Gasteiger partial charge is 0.378 e. The summed E-state index contributed by atoms with van der Waals surface area (Å²) in [5, 5.41) is 7.77. The summed E-state index contributed by atoms with van der Waals surface area (Å²) in [6.07, 6.45) is 3.60. The molecular formula is C13H19N3O2. The number of morpholine rings is 1. The van der Waals surface area contributed by atoms with Gasteiger partial charge in [-0.1, -0.05) is 0 Å². The molecule has 18 heavy (non-hydrogen) atoms. The molecule has 2 aliphatic rings. The summed E-state index contributed by atoms with van der Waals surface area (Å²) in [7, 11) is 1.86. The van der Waals surface area contributed by atoms with Crippen LogP contribution in [0.5, 0.6) is 0 Å². The lowest BCUT2D eigenvalue weighted by Gasteiger charge is -2.39. The number of nitrogens with zero attached hydrogens (tertiary/aromatic N) is 2. The first kappa shape index (κ1) is 11.9. The van der Waals surface area contributed by atoms with Crippen LogP contribution < -0.4 is 5.32 Å². The van der Waals surface area contributed by atoms with Crippen molar-refractivity contribution in [2.45, 2.75) is 31.8 Å². The van der Waals surface area contributed by atoms with E-state index in [0.29, 0.717) is 12.1 Å². The van der Waals surface area contributed by atoms with Gasteiger partial charge in [-0.2, -0.15) is 5.10 Å². The molecule has 0 aliphatic carbocycles. The van der Waals surface area contributed by atoms with Crippen molar-refractivity contribution in [1.82, 2.24) is 15.1 Å². The average Bonchev–Trinajstić information content (AvgIpc) is 2.67. The van der Waals surface area contributed by atoms with Crippen molar-refractivity contribution >= 4 is 5.78 Å². The Morgan fingerprint density at radius 1 is 1.44 bits per heavy atom. The molecular weight excluding hydrogens is 230 g/mol. The third kappa shape index (κ3) is 2.08. The van der Waals surface area contributed by atoms with Gasteiger partial charge in [-0.3, -0.25) is 9.48 Å². The van der Waals surface area contributed by atoms with Gasteiger partial charge in [0, 0.05) is 31.2 Å². The van der Waals surface area contributed by atoms with Gasteiger partial charge in [0.15, 0.2) is 5.78 Å². The number of fused-ring (bicyclic) bond motifs is 2. The second-order valence-corrected chi connectivity index (χ2v) is 5.43. The molecule has 3 rings (SSSR count). The molecule has 2 aliphatic heterocycles. The van der Waals surface area contributed by atoms with E-state index in [1.54, 1.807) is 4.68 Å². The Labute approximate surface area is 107 Å². The molecule has 5 nitrogen and oxygen atoms in total. The monoisotopic (exact) mass is 249 g/mol. The Balaban J connectivity index is 1.78. The summed E-state index contributed by atoms with van der Waals surface area (Å²) in [5.74, 6) is 0.368. The number of aryl methyl sites for hydroxylation is 2. The lowest BCUT2D eigenvalue weighted by molar-refractivity contribution is 0.00951. The van der Waals surface area contributed by atoms with E-state index in [9.17, 15) is 4.79 Å². The summed E-state index contributed by atoms with van der Waals surface area (Å²) in [6.45, 7) is 3.36. The smallest absolute Gasteiger partial charge is 0.169 e. The molecule has 0 amide bonds.